The maximum Gasteiger partial charge on any atom is 0.174 e. The van der Waals surface area contributed by atoms with Crippen LogP contribution >= 0.6 is 27.7 Å². The van der Waals surface area contributed by atoms with E-state index in [9.17, 15) is 0 Å². The van der Waals surface area contributed by atoms with E-state index in [2.05, 4.69) is 39.6 Å². The topological polar surface area (TPSA) is 30.5 Å². The van der Waals surface area contributed by atoms with Gasteiger partial charge in [-0.05, 0) is 52.0 Å². The van der Waals surface area contributed by atoms with Crippen LogP contribution in [0.1, 0.15) is 5.56 Å². The summed E-state index contributed by atoms with van der Waals surface area (Å²) in [5.74, 6) is 1.44. The maximum atomic E-state index is 5.37. The van der Waals surface area contributed by atoms with Crippen LogP contribution in [0.15, 0.2) is 45.8 Å². The van der Waals surface area contributed by atoms with Gasteiger partial charge in [-0.1, -0.05) is 12.1 Å². The van der Waals surface area contributed by atoms with Gasteiger partial charge in [0.25, 0.3) is 0 Å². The standard InChI is InChI=1S/C16H18BrNO2S/c1-19-14-9-11(8-12(17)16(14)20-2)10-18-13-6-4-5-7-15(13)21-3/h4-9,18H,10H2,1-3H3. The van der Waals surface area contributed by atoms with Crippen molar-refractivity contribution >= 4 is 33.4 Å². The Morgan fingerprint density at radius 3 is 2.57 bits per heavy atom. The number of benzene rings is 2. The van der Waals surface area contributed by atoms with E-state index < -0.39 is 0 Å². The molecule has 3 nitrogen and oxygen atoms in total. The molecular weight excluding hydrogens is 350 g/mol. The first kappa shape index (κ1) is 16.0. The molecule has 0 saturated heterocycles. The predicted molar refractivity (Wildman–Crippen MR) is 92.8 cm³/mol. The molecule has 0 bridgehead atoms. The highest BCUT2D eigenvalue weighted by Gasteiger charge is 2.10. The highest BCUT2D eigenvalue weighted by molar-refractivity contribution is 9.10. The third kappa shape index (κ3) is 3.86. The van der Waals surface area contributed by atoms with Crippen LogP contribution in [-0.4, -0.2) is 20.5 Å². The second-order valence-corrected chi connectivity index (χ2v) is 6.07. The molecule has 0 atom stereocenters. The molecule has 2 rings (SSSR count). The molecule has 0 amide bonds. The number of nitrogens with one attached hydrogen (secondary N) is 1. The second kappa shape index (κ2) is 7.61. The van der Waals surface area contributed by atoms with Crippen molar-refractivity contribution in [2.75, 3.05) is 25.8 Å². The summed E-state index contributed by atoms with van der Waals surface area (Å²) < 4.78 is 11.6. The lowest BCUT2D eigenvalue weighted by Crippen LogP contribution is -2.02. The fraction of sp³-hybridized carbons (Fsp3) is 0.250. The summed E-state index contributed by atoms with van der Waals surface area (Å²) in [7, 11) is 3.28. The minimum atomic E-state index is 0.714. The summed E-state index contributed by atoms with van der Waals surface area (Å²) in [5.41, 5.74) is 2.26. The zero-order valence-electron chi connectivity index (χ0n) is 12.3. The van der Waals surface area contributed by atoms with Crippen LogP contribution in [0.25, 0.3) is 0 Å². The molecule has 1 N–H and O–H groups in total. The van der Waals surface area contributed by atoms with E-state index in [1.807, 2.05) is 24.3 Å². The van der Waals surface area contributed by atoms with Gasteiger partial charge in [0, 0.05) is 17.1 Å². The molecule has 0 spiro atoms. The number of rotatable bonds is 6. The highest BCUT2D eigenvalue weighted by atomic mass is 79.9. The SMILES string of the molecule is COc1cc(CNc2ccccc2SC)cc(Br)c1OC. The molecule has 112 valence electrons. The number of methoxy groups -OCH3 is 2. The molecule has 21 heavy (non-hydrogen) atoms. The number of thioether (sulfide) groups is 1. The van der Waals surface area contributed by atoms with E-state index in [1.54, 1.807) is 26.0 Å². The predicted octanol–water partition coefficient (Wildman–Crippen LogP) is 4.80. The van der Waals surface area contributed by atoms with Crippen LogP contribution < -0.4 is 14.8 Å². The van der Waals surface area contributed by atoms with Gasteiger partial charge in [-0.25, -0.2) is 0 Å². The Kier molecular flexibility index (Phi) is 5.82. The van der Waals surface area contributed by atoms with Crippen LogP contribution in [0.4, 0.5) is 5.69 Å². The summed E-state index contributed by atoms with van der Waals surface area (Å²) in [4.78, 5) is 1.23. The quantitative estimate of drug-likeness (QED) is 0.742. The minimum Gasteiger partial charge on any atom is -0.493 e. The Hall–Kier alpha value is -1.33. The van der Waals surface area contributed by atoms with E-state index in [0.717, 1.165) is 28.0 Å². The van der Waals surface area contributed by atoms with Crippen molar-refractivity contribution in [2.24, 2.45) is 0 Å². The number of ether oxygens (including phenoxy) is 2. The number of hydrogen-bond donors (Lipinski definition) is 1. The van der Waals surface area contributed by atoms with Gasteiger partial charge in [-0.15, -0.1) is 11.8 Å². The number of anilines is 1. The molecule has 0 saturated carbocycles. The maximum absolute atomic E-state index is 5.37. The monoisotopic (exact) mass is 367 g/mol. The van der Waals surface area contributed by atoms with Crippen LogP contribution in [0.2, 0.25) is 0 Å². The van der Waals surface area contributed by atoms with Crippen molar-refractivity contribution in [3.63, 3.8) is 0 Å². The number of hydrogen-bond acceptors (Lipinski definition) is 4. The second-order valence-electron chi connectivity index (χ2n) is 4.37. The van der Waals surface area contributed by atoms with Crippen LogP contribution in [-0.2, 0) is 6.54 Å². The van der Waals surface area contributed by atoms with Crippen LogP contribution in [0, 0.1) is 0 Å². The van der Waals surface area contributed by atoms with Gasteiger partial charge in [0.1, 0.15) is 0 Å². The first-order valence-electron chi connectivity index (χ1n) is 6.47. The summed E-state index contributed by atoms with van der Waals surface area (Å²) >= 11 is 5.25. The van der Waals surface area contributed by atoms with Gasteiger partial charge in [0.15, 0.2) is 11.5 Å². The Labute approximate surface area is 138 Å². The Balaban J connectivity index is 2.18. The molecule has 0 aliphatic rings. The molecule has 0 aliphatic heterocycles. The molecule has 2 aromatic rings. The summed E-state index contributed by atoms with van der Waals surface area (Å²) in [6, 6.07) is 12.3. The van der Waals surface area contributed by atoms with E-state index in [4.69, 9.17) is 9.47 Å². The summed E-state index contributed by atoms with van der Waals surface area (Å²) in [5, 5.41) is 3.46. The third-order valence-electron chi connectivity index (χ3n) is 3.08. The third-order valence-corrected chi connectivity index (χ3v) is 4.47. The average Bonchev–Trinajstić information content (AvgIpc) is 2.52. The Bertz CT molecular complexity index is 619. The first-order valence-corrected chi connectivity index (χ1v) is 8.48. The first-order chi connectivity index (χ1) is 10.2. The van der Waals surface area contributed by atoms with Crippen molar-refractivity contribution in [2.45, 2.75) is 11.4 Å². The Morgan fingerprint density at radius 2 is 1.90 bits per heavy atom. The summed E-state index contributed by atoms with van der Waals surface area (Å²) in [6.07, 6.45) is 2.08. The van der Waals surface area contributed by atoms with Crippen molar-refractivity contribution in [1.82, 2.24) is 0 Å². The molecule has 0 unspecified atom stereocenters. The fourth-order valence-corrected chi connectivity index (χ4v) is 3.29. The summed E-state index contributed by atoms with van der Waals surface area (Å²) in [6.45, 7) is 0.719. The van der Waals surface area contributed by atoms with Crippen LogP contribution in [0.3, 0.4) is 0 Å². The molecule has 0 fully saturated rings. The van der Waals surface area contributed by atoms with Crippen molar-refractivity contribution < 1.29 is 9.47 Å². The lowest BCUT2D eigenvalue weighted by molar-refractivity contribution is 0.352. The molecule has 2 aromatic carbocycles. The van der Waals surface area contributed by atoms with Crippen molar-refractivity contribution in [3.8, 4) is 11.5 Å². The number of halogens is 1. The smallest absolute Gasteiger partial charge is 0.174 e. The van der Waals surface area contributed by atoms with Crippen LogP contribution in [0.5, 0.6) is 11.5 Å². The van der Waals surface area contributed by atoms with E-state index in [0.29, 0.717) is 5.75 Å². The lowest BCUT2D eigenvalue weighted by atomic mass is 10.2. The minimum absolute atomic E-state index is 0.714. The van der Waals surface area contributed by atoms with E-state index in [-0.39, 0.29) is 0 Å². The molecular formula is C16H18BrNO2S. The van der Waals surface area contributed by atoms with Gasteiger partial charge in [-0.2, -0.15) is 0 Å². The molecule has 0 aromatic heterocycles. The molecule has 0 heterocycles. The normalized spacial score (nSPS) is 10.3. The zero-order chi connectivity index (χ0) is 15.2. The lowest BCUT2D eigenvalue weighted by Gasteiger charge is -2.14. The highest BCUT2D eigenvalue weighted by Crippen LogP contribution is 2.36. The fourth-order valence-electron chi connectivity index (χ4n) is 2.06. The molecule has 0 aliphatic carbocycles. The van der Waals surface area contributed by atoms with E-state index in [1.165, 1.54) is 4.90 Å². The average molecular weight is 368 g/mol. The van der Waals surface area contributed by atoms with Crippen molar-refractivity contribution in [3.05, 3.63) is 46.4 Å². The van der Waals surface area contributed by atoms with Gasteiger partial charge in [0.2, 0.25) is 0 Å². The zero-order valence-corrected chi connectivity index (χ0v) is 14.7. The Morgan fingerprint density at radius 1 is 1.14 bits per heavy atom. The van der Waals surface area contributed by atoms with Gasteiger partial charge in [-0.3, -0.25) is 0 Å². The van der Waals surface area contributed by atoms with Crippen molar-refractivity contribution in [1.29, 1.82) is 0 Å². The molecule has 5 heteroatoms. The van der Waals surface area contributed by atoms with E-state index >= 15 is 0 Å². The van der Waals surface area contributed by atoms with Gasteiger partial charge >= 0.3 is 0 Å². The number of para-hydroxylation sites is 1. The van der Waals surface area contributed by atoms with Gasteiger partial charge < -0.3 is 14.8 Å². The molecule has 0 radical (unpaired) electrons. The largest absolute Gasteiger partial charge is 0.493 e. The van der Waals surface area contributed by atoms with Gasteiger partial charge in [0.05, 0.1) is 18.7 Å².